The smallest absolute Gasteiger partial charge is 0.338 e. The van der Waals surface area contributed by atoms with Gasteiger partial charge in [-0.05, 0) is 49.6 Å². The highest BCUT2D eigenvalue weighted by atomic mass is 32.2. The van der Waals surface area contributed by atoms with E-state index in [1.807, 2.05) is 17.7 Å². The third kappa shape index (κ3) is 4.50. The SMILES string of the molecule is CSc1nnc(C)n1-c1ccc(C(=O)OCC(=O)Nc2cccnc2)cc1. The highest BCUT2D eigenvalue weighted by molar-refractivity contribution is 7.98. The van der Waals surface area contributed by atoms with Crippen molar-refractivity contribution >= 4 is 29.3 Å². The second kappa shape index (κ2) is 8.45. The molecule has 0 aliphatic carbocycles. The zero-order valence-electron chi connectivity index (χ0n) is 14.7. The largest absolute Gasteiger partial charge is 0.452 e. The normalized spacial score (nSPS) is 10.4. The highest BCUT2D eigenvalue weighted by Crippen LogP contribution is 2.20. The minimum absolute atomic E-state index is 0.351. The zero-order chi connectivity index (χ0) is 19.2. The number of aryl methyl sites for hydroxylation is 1. The molecule has 0 spiro atoms. The van der Waals surface area contributed by atoms with E-state index < -0.39 is 11.9 Å². The molecule has 138 valence electrons. The molecule has 8 nitrogen and oxygen atoms in total. The number of pyridine rings is 1. The van der Waals surface area contributed by atoms with Gasteiger partial charge in [0.2, 0.25) is 0 Å². The lowest BCUT2D eigenvalue weighted by atomic mass is 10.2. The number of ether oxygens (including phenoxy) is 1. The third-order valence-corrected chi connectivity index (χ3v) is 4.25. The van der Waals surface area contributed by atoms with Gasteiger partial charge in [-0.1, -0.05) is 11.8 Å². The number of thioether (sulfide) groups is 1. The number of hydrogen-bond acceptors (Lipinski definition) is 7. The third-order valence-electron chi connectivity index (χ3n) is 3.62. The molecule has 1 amide bonds. The first-order chi connectivity index (χ1) is 13.1. The molecule has 1 N–H and O–H groups in total. The Morgan fingerprint density at radius 2 is 1.96 bits per heavy atom. The molecule has 2 aromatic heterocycles. The topological polar surface area (TPSA) is 99.0 Å². The van der Waals surface area contributed by atoms with E-state index in [4.69, 9.17) is 4.74 Å². The number of aromatic nitrogens is 4. The van der Waals surface area contributed by atoms with Gasteiger partial charge in [0.05, 0.1) is 17.4 Å². The molecule has 27 heavy (non-hydrogen) atoms. The molecule has 0 fully saturated rings. The van der Waals surface area contributed by atoms with Crippen molar-refractivity contribution in [1.29, 1.82) is 0 Å². The van der Waals surface area contributed by atoms with E-state index in [9.17, 15) is 9.59 Å². The highest BCUT2D eigenvalue weighted by Gasteiger charge is 2.13. The number of carbonyl (C=O) groups is 2. The maximum atomic E-state index is 12.1. The summed E-state index contributed by atoms with van der Waals surface area (Å²) in [5, 5.41) is 11.5. The van der Waals surface area contributed by atoms with E-state index in [-0.39, 0.29) is 6.61 Å². The van der Waals surface area contributed by atoms with Gasteiger partial charge in [0.15, 0.2) is 11.8 Å². The molecule has 1 aromatic carbocycles. The van der Waals surface area contributed by atoms with E-state index in [1.165, 1.54) is 18.0 Å². The summed E-state index contributed by atoms with van der Waals surface area (Å²) in [6, 6.07) is 10.2. The monoisotopic (exact) mass is 383 g/mol. The number of hydrogen-bond donors (Lipinski definition) is 1. The Bertz CT molecular complexity index is 941. The van der Waals surface area contributed by atoms with Gasteiger partial charge in [-0.25, -0.2) is 4.79 Å². The number of amides is 1. The lowest BCUT2D eigenvalue weighted by Gasteiger charge is -2.09. The molecule has 0 unspecified atom stereocenters. The predicted octanol–water partition coefficient (Wildman–Crippen LogP) is 2.49. The molecular formula is C18H17N5O3S. The molecule has 0 radical (unpaired) electrons. The van der Waals surface area contributed by atoms with Crippen LogP contribution in [-0.4, -0.2) is 44.5 Å². The molecule has 0 atom stereocenters. The van der Waals surface area contributed by atoms with E-state index in [1.54, 1.807) is 42.6 Å². The molecule has 0 saturated carbocycles. The molecule has 0 aliphatic rings. The molecule has 9 heteroatoms. The van der Waals surface area contributed by atoms with Crippen molar-refractivity contribution in [3.05, 3.63) is 60.2 Å². The molecule has 3 aromatic rings. The van der Waals surface area contributed by atoms with Crippen LogP contribution < -0.4 is 5.32 Å². The maximum absolute atomic E-state index is 12.1. The molecular weight excluding hydrogens is 366 g/mol. The fourth-order valence-corrected chi connectivity index (χ4v) is 2.91. The fourth-order valence-electron chi connectivity index (χ4n) is 2.37. The average Bonchev–Trinajstić information content (AvgIpc) is 3.07. The van der Waals surface area contributed by atoms with Crippen LogP contribution >= 0.6 is 11.8 Å². The Kier molecular flexibility index (Phi) is 5.82. The van der Waals surface area contributed by atoms with Crippen LogP contribution in [0, 0.1) is 6.92 Å². The van der Waals surface area contributed by atoms with Crippen LogP contribution in [0.5, 0.6) is 0 Å². The molecule has 0 saturated heterocycles. The summed E-state index contributed by atoms with van der Waals surface area (Å²) in [5.41, 5.74) is 1.73. The number of carbonyl (C=O) groups excluding carboxylic acids is 2. The van der Waals surface area contributed by atoms with E-state index in [0.29, 0.717) is 11.3 Å². The number of nitrogens with one attached hydrogen (secondary N) is 1. The minimum atomic E-state index is -0.576. The number of anilines is 1. The lowest BCUT2D eigenvalue weighted by Crippen LogP contribution is -2.21. The Hall–Kier alpha value is -3.20. The first kappa shape index (κ1) is 18.6. The van der Waals surface area contributed by atoms with E-state index in [0.717, 1.165) is 16.7 Å². The first-order valence-corrected chi connectivity index (χ1v) is 9.24. The van der Waals surface area contributed by atoms with Gasteiger partial charge in [0.1, 0.15) is 5.82 Å². The van der Waals surface area contributed by atoms with Crippen molar-refractivity contribution in [2.75, 3.05) is 18.2 Å². The van der Waals surface area contributed by atoms with Crippen LogP contribution in [0.4, 0.5) is 5.69 Å². The van der Waals surface area contributed by atoms with Crippen LogP contribution in [-0.2, 0) is 9.53 Å². The number of esters is 1. The van der Waals surface area contributed by atoms with Gasteiger partial charge in [-0.2, -0.15) is 0 Å². The Morgan fingerprint density at radius 1 is 1.19 bits per heavy atom. The van der Waals surface area contributed by atoms with Gasteiger partial charge < -0.3 is 10.1 Å². The summed E-state index contributed by atoms with van der Waals surface area (Å²) in [6.07, 6.45) is 5.03. The Balaban J connectivity index is 1.61. The van der Waals surface area contributed by atoms with Crippen molar-refractivity contribution < 1.29 is 14.3 Å². The molecule has 0 aliphatic heterocycles. The Morgan fingerprint density at radius 3 is 2.63 bits per heavy atom. The number of nitrogens with zero attached hydrogens (tertiary/aromatic N) is 4. The molecule has 2 heterocycles. The maximum Gasteiger partial charge on any atom is 0.338 e. The van der Waals surface area contributed by atoms with Gasteiger partial charge in [-0.3, -0.25) is 14.3 Å². The number of rotatable bonds is 6. The standard InChI is InChI=1S/C18H17N5O3S/c1-12-21-22-18(27-2)23(12)15-7-5-13(6-8-15)17(25)26-11-16(24)20-14-4-3-9-19-10-14/h3-10H,11H2,1-2H3,(H,20,24). The summed E-state index contributed by atoms with van der Waals surface area (Å²) in [4.78, 5) is 27.9. The van der Waals surface area contributed by atoms with E-state index >= 15 is 0 Å². The summed E-state index contributed by atoms with van der Waals surface area (Å²) < 4.78 is 6.94. The van der Waals surface area contributed by atoms with Crippen LogP contribution in [0.3, 0.4) is 0 Å². The first-order valence-electron chi connectivity index (χ1n) is 8.02. The Labute approximate surface area is 160 Å². The summed E-state index contributed by atoms with van der Waals surface area (Å²) in [7, 11) is 0. The lowest BCUT2D eigenvalue weighted by molar-refractivity contribution is -0.119. The number of benzene rings is 1. The second-order valence-electron chi connectivity index (χ2n) is 5.48. The predicted molar refractivity (Wildman–Crippen MR) is 101 cm³/mol. The van der Waals surface area contributed by atoms with Crippen molar-refractivity contribution in [2.45, 2.75) is 12.1 Å². The fraction of sp³-hybridized carbons (Fsp3) is 0.167. The zero-order valence-corrected chi connectivity index (χ0v) is 15.6. The van der Waals surface area contributed by atoms with E-state index in [2.05, 4.69) is 20.5 Å². The second-order valence-corrected chi connectivity index (χ2v) is 6.26. The van der Waals surface area contributed by atoms with Crippen molar-refractivity contribution in [3.63, 3.8) is 0 Å². The van der Waals surface area contributed by atoms with Gasteiger partial charge in [0, 0.05) is 11.9 Å². The summed E-state index contributed by atoms with van der Waals surface area (Å²) in [5.74, 6) is -0.257. The minimum Gasteiger partial charge on any atom is -0.452 e. The molecule has 3 rings (SSSR count). The summed E-state index contributed by atoms with van der Waals surface area (Å²) >= 11 is 1.48. The van der Waals surface area contributed by atoms with Crippen molar-refractivity contribution in [3.8, 4) is 5.69 Å². The average molecular weight is 383 g/mol. The van der Waals surface area contributed by atoms with Crippen LogP contribution in [0.1, 0.15) is 16.2 Å². The van der Waals surface area contributed by atoms with Gasteiger partial charge in [0.25, 0.3) is 5.91 Å². The quantitative estimate of drug-likeness (QED) is 0.516. The van der Waals surface area contributed by atoms with Crippen LogP contribution in [0.25, 0.3) is 5.69 Å². The van der Waals surface area contributed by atoms with Crippen LogP contribution in [0.2, 0.25) is 0 Å². The van der Waals surface area contributed by atoms with Crippen molar-refractivity contribution in [1.82, 2.24) is 19.7 Å². The van der Waals surface area contributed by atoms with Crippen LogP contribution in [0.15, 0.2) is 53.9 Å². The van der Waals surface area contributed by atoms with Gasteiger partial charge in [-0.15, -0.1) is 10.2 Å². The van der Waals surface area contributed by atoms with Gasteiger partial charge >= 0.3 is 5.97 Å². The van der Waals surface area contributed by atoms with Crippen molar-refractivity contribution in [2.24, 2.45) is 0 Å². The summed E-state index contributed by atoms with van der Waals surface area (Å²) in [6.45, 7) is 1.48. The molecule has 0 bridgehead atoms.